The quantitative estimate of drug-likeness (QED) is 0.336. The minimum Gasteiger partial charge on any atom is -0.399 e. The van der Waals surface area contributed by atoms with Gasteiger partial charge in [0.1, 0.15) is 12.9 Å². The van der Waals surface area contributed by atoms with Crippen molar-refractivity contribution in [1.29, 1.82) is 0 Å². The van der Waals surface area contributed by atoms with Crippen LogP contribution in [0.25, 0.3) is 0 Å². The fourth-order valence-corrected chi connectivity index (χ4v) is 1.08. The summed E-state index contributed by atoms with van der Waals surface area (Å²) in [6.45, 7) is 1.87. The highest BCUT2D eigenvalue weighted by atomic mass is 16.6. The molecule has 0 fully saturated rings. The maximum atomic E-state index is 5.59. The van der Waals surface area contributed by atoms with Crippen molar-refractivity contribution in [1.82, 2.24) is 0 Å². The third-order valence-electron chi connectivity index (χ3n) is 1.99. The smallest absolute Gasteiger partial charge is 0.145 e. The molecular weight excluding hydrogens is 178 g/mol. The van der Waals surface area contributed by atoms with Crippen LogP contribution in [0.15, 0.2) is 29.4 Å². The Hall–Kier alpha value is -1.71. The van der Waals surface area contributed by atoms with Gasteiger partial charge in [0, 0.05) is 18.4 Å². The van der Waals surface area contributed by atoms with Gasteiger partial charge in [0.25, 0.3) is 0 Å². The van der Waals surface area contributed by atoms with Gasteiger partial charge < -0.3 is 15.5 Å². The Kier molecular flexibility index (Phi) is 3.34. The minimum absolute atomic E-state index is 0.753. The molecule has 0 aliphatic heterocycles. The lowest BCUT2D eigenvalue weighted by Crippen LogP contribution is -2.23. The van der Waals surface area contributed by atoms with Gasteiger partial charge in [-0.05, 0) is 31.2 Å². The Morgan fingerprint density at radius 2 is 1.93 bits per heavy atom. The molecule has 0 aromatic heterocycles. The van der Waals surface area contributed by atoms with Crippen molar-refractivity contribution in [3.05, 3.63) is 24.3 Å². The van der Waals surface area contributed by atoms with Gasteiger partial charge in [0.05, 0.1) is 0 Å². The SMILES string of the molecule is CON=C(C)N(C)c1ccc(N)cc1. The highest BCUT2D eigenvalue weighted by Gasteiger charge is 2.03. The topological polar surface area (TPSA) is 50.8 Å². The molecule has 0 aliphatic carbocycles. The van der Waals surface area contributed by atoms with Gasteiger partial charge in [-0.15, -0.1) is 0 Å². The number of rotatable bonds is 2. The zero-order valence-corrected chi connectivity index (χ0v) is 8.69. The highest BCUT2D eigenvalue weighted by molar-refractivity contribution is 5.95. The molecule has 1 rings (SSSR count). The van der Waals surface area contributed by atoms with Gasteiger partial charge in [-0.1, -0.05) is 5.16 Å². The number of hydrogen-bond acceptors (Lipinski definition) is 3. The third kappa shape index (κ3) is 2.39. The summed E-state index contributed by atoms with van der Waals surface area (Å²) in [5.74, 6) is 0.789. The first-order chi connectivity index (χ1) is 6.65. The first-order valence-corrected chi connectivity index (χ1v) is 4.32. The molecule has 1 aromatic carbocycles. The summed E-state index contributed by atoms with van der Waals surface area (Å²) in [4.78, 5) is 6.61. The molecule has 0 unspecified atom stereocenters. The van der Waals surface area contributed by atoms with Crippen molar-refractivity contribution in [2.45, 2.75) is 6.92 Å². The molecule has 0 aliphatic rings. The molecule has 0 radical (unpaired) electrons. The normalized spacial score (nSPS) is 11.2. The summed E-state index contributed by atoms with van der Waals surface area (Å²) in [5.41, 5.74) is 7.37. The molecule has 76 valence electrons. The van der Waals surface area contributed by atoms with Gasteiger partial charge >= 0.3 is 0 Å². The van der Waals surface area contributed by atoms with E-state index in [4.69, 9.17) is 10.6 Å². The van der Waals surface area contributed by atoms with E-state index in [0.29, 0.717) is 0 Å². The van der Waals surface area contributed by atoms with Crippen LogP contribution in [-0.2, 0) is 4.84 Å². The first-order valence-electron chi connectivity index (χ1n) is 4.32. The van der Waals surface area contributed by atoms with Crippen molar-refractivity contribution in [2.75, 3.05) is 24.8 Å². The van der Waals surface area contributed by atoms with Crippen LogP contribution in [0.2, 0.25) is 0 Å². The fraction of sp³-hybridized carbons (Fsp3) is 0.300. The van der Waals surface area contributed by atoms with E-state index in [2.05, 4.69) is 5.16 Å². The molecule has 0 atom stereocenters. The van der Waals surface area contributed by atoms with E-state index in [1.807, 2.05) is 43.1 Å². The summed E-state index contributed by atoms with van der Waals surface area (Å²) >= 11 is 0. The molecule has 0 heterocycles. The summed E-state index contributed by atoms with van der Waals surface area (Å²) in [6.07, 6.45) is 0. The van der Waals surface area contributed by atoms with Crippen molar-refractivity contribution in [3.8, 4) is 0 Å². The van der Waals surface area contributed by atoms with E-state index in [0.717, 1.165) is 17.2 Å². The maximum absolute atomic E-state index is 5.59. The van der Waals surface area contributed by atoms with Crippen molar-refractivity contribution < 1.29 is 4.84 Å². The van der Waals surface area contributed by atoms with E-state index in [9.17, 15) is 0 Å². The largest absolute Gasteiger partial charge is 0.399 e. The Morgan fingerprint density at radius 1 is 1.36 bits per heavy atom. The first kappa shape index (κ1) is 10.4. The lowest BCUT2D eigenvalue weighted by atomic mass is 10.2. The zero-order chi connectivity index (χ0) is 10.6. The molecule has 4 heteroatoms. The lowest BCUT2D eigenvalue weighted by Gasteiger charge is -2.17. The molecule has 0 saturated heterocycles. The molecule has 1 aromatic rings. The number of nitrogen functional groups attached to an aromatic ring is 1. The van der Waals surface area contributed by atoms with E-state index in [1.54, 1.807) is 0 Å². The number of hydrogen-bond donors (Lipinski definition) is 1. The average molecular weight is 193 g/mol. The summed E-state index contributed by atoms with van der Waals surface area (Å²) < 4.78 is 0. The molecular formula is C10H15N3O. The fourth-order valence-electron chi connectivity index (χ4n) is 1.08. The predicted molar refractivity (Wildman–Crippen MR) is 59.4 cm³/mol. The second-order valence-corrected chi connectivity index (χ2v) is 2.97. The van der Waals surface area contributed by atoms with E-state index in [1.165, 1.54) is 7.11 Å². The molecule has 0 amide bonds. The van der Waals surface area contributed by atoms with Crippen LogP contribution in [0.5, 0.6) is 0 Å². The second-order valence-electron chi connectivity index (χ2n) is 2.97. The lowest BCUT2D eigenvalue weighted by molar-refractivity contribution is 0.212. The Balaban J connectivity index is 2.84. The molecule has 0 bridgehead atoms. The van der Waals surface area contributed by atoms with Gasteiger partial charge in [0.2, 0.25) is 0 Å². The van der Waals surface area contributed by atoms with Crippen LogP contribution in [0, 0.1) is 0 Å². The van der Waals surface area contributed by atoms with E-state index >= 15 is 0 Å². The van der Waals surface area contributed by atoms with E-state index < -0.39 is 0 Å². The van der Waals surface area contributed by atoms with Crippen molar-refractivity contribution in [2.24, 2.45) is 5.16 Å². The molecule has 14 heavy (non-hydrogen) atoms. The van der Waals surface area contributed by atoms with Crippen molar-refractivity contribution >= 4 is 17.2 Å². The van der Waals surface area contributed by atoms with Crippen LogP contribution in [0.4, 0.5) is 11.4 Å². The Morgan fingerprint density at radius 3 is 2.43 bits per heavy atom. The summed E-state index contributed by atoms with van der Waals surface area (Å²) in [6, 6.07) is 7.58. The van der Waals surface area contributed by atoms with Gasteiger partial charge in [-0.2, -0.15) is 0 Å². The summed E-state index contributed by atoms with van der Waals surface area (Å²) in [5, 5.41) is 3.83. The van der Waals surface area contributed by atoms with Gasteiger partial charge in [-0.3, -0.25) is 0 Å². The molecule has 2 N–H and O–H groups in total. The van der Waals surface area contributed by atoms with Crippen molar-refractivity contribution in [3.63, 3.8) is 0 Å². The van der Waals surface area contributed by atoms with Crippen LogP contribution in [0.1, 0.15) is 6.92 Å². The van der Waals surface area contributed by atoms with Gasteiger partial charge in [-0.25, -0.2) is 0 Å². The Bertz CT molecular complexity index is 319. The van der Waals surface area contributed by atoms with Crippen LogP contribution < -0.4 is 10.6 Å². The number of benzene rings is 1. The number of oxime groups is 1. The highest BCUT2D eigenvalue weighted by Crippen LogP contribution is 2.15. The van der Waals surface area contributed by atoms with Crippen LogP contribution in [-0.4, -0.2) is 20.0 Å². The second kappa shape index (κ2) is 4.50. The maximum Gasteiger partial charge on any atom is 0.145 e. The number of nitrogens with two attached hydrogens (primary N) is 1. The third-order valence-corrected chi connectivity index (χ3v) is 1.99. The predicted octanol–water partition coefficient (Wildman–Crippen LogP) is 1.68. The summed E-state index contributed by atoms with van der Waals surface area (Å²) in [7, 11) is 3.45. The van der Waals surface area contributed by atoms with E-state index in [-0.39, 0.29) is 0 Å². The van der Waals surface area contributed by atoms with Gasteiger partial charge in [0.15, 0.2) is 0 Å². The number of nitrogens with zero attached hydrogens (tertiary/aromatic N) is 2. The van der Waals surface area contributed by atoms with Crippen LogP contribution >= 0.6 is 0 Å². The molecule has 0 saturated carbocycles. The average Bonchev–Trinajstić information content (AvgIpc) is 2.18. The standard InChI is InChI=1S/C10H15N3O/c1-8(12-14-3)13(2)10-6-4-9(11)5-7-10/h4-7H,11H2,1-3H3. The molecule has 0 spiro atoms. The minimum atomic E-state index is 0.753. The number of anilines is 2. The molecule has 4 nitrogen and oxygen atoms in total. The van der Waals surface area contributed by atoms with Crippen LogP contribution in [0.3, 0.4) is 0 Å². The number of amidine groups is 1. The monoisotopic (exact) mass is 193 g/mol. The Labute approximate surface area is 84.0 Å². The zero-order valence-electron chi connectivity index (χ0n) is 8.69.